The van der Waals surface area contributed by atoms with Gasteiger partial charge in [0.15, 0.2) is 0 Å². The minimum Gasteiger partial charge on any atom is -0.337 e. The zero-order valence-electron chi connectivity index (χ0n) is 13.3. The Bertz CT molecular complexity index is 897. The van der Waals surface area contributed by atoms with Crippen LogP contribution in [0.3, 0.4) is 0 Å². The molecule has 25 heavy (non-hydrogen) atoms. The summed E-state index contributed by atoms with van der Waals surface area (Å²) in [4.78, 5) is 22.5. The average Bonchev–Trinajstić information content (AvgIpc) is 3.25. The molecule has 1 aliphatic heterocycles. The van der Waals surface area contributed by atoms with Crippen molar-refractivity contribution in [1.82, 2.24) is 20.0 Å². The lowest BCUT2D eigenvalue weighted by molar-refractivity contribution is -0.129. The van der Waals surface area contributed by atoms with Crippen molar-refractivity contribution in [3.63, 3.8) is 0 Å². The van der Waals surface area contributed by atoms with E-state index in [1.807, 2.05) is 36.4 Å². The van der Waals surface area contributed by atoms with E-state index in [1.54, 1.807) is 17.3 Å². The van der Waals surface area contributed by atoms with Crippen LogP contribution in [0.25, 0.3) is 11.4 Å². The molecule has 1 saturated heterocycles. The van der Waals surface area contributed by atoms with Crippen molar-refractivity contribution in [3.05, 3.63) is 65.3 Å². The van der Waals surface area contributed by atoms with Gasteiger partial charge in [0, 0.05) is 35.9 Å². The van der Waals surface area contributed by atoms with Crippen molar-refractivity contribution in [1.29, 1.82) is 0 Å². The second-order valence-electron chi connectivity index (χ2n) is 5.86. The van der Waals surface area contributed by atoms with Gasteiger partial charge in [-0.1, -0.05) is 35.0 Å². The van der Waals surface area contributed by atoms with Gasteiger partial charge in [-0.05, 0) is 30.2 Å². The van der Waals surface area contributed by atoms with Gasteiger partial charge in [0.1, 0.15) is 6.04 Å². The maximum Gasteiger partial charge on any atom is 0.249 e. The highest BCUT2D eigenvalue weighted by Gasteiger charge is 2.36. The highest BCUT2D eigenvalue weighted by molar-refractivity contribution is 6.31. The molecule has 7 heteroatoms. The lowest BCUT2D eigenvalue weighted by Crippen LogP contribution is -2.27. The van der Waals surface area contributed by atoms with Gasteiger partial charge in [0.2, 0.25) is 17.6 Å². The maximum atomic E-state index is 12.3. The molecule has 1 aliphatic rings. The van der Waals surface area contributed by atoms with Crippen LogP contribution in [-0.2, 0) is 11.3 Å². The van der Waals surface area contributed by atoms with Crippen LogP contribution in [0.1, 0.15) is 30.3 Å². The van der Waals surface area contributed by atoms with Crippen LogP contribution in [0.4, 0.5) is 0 Å². The number of rotatable bonds is 4. The number of benzene rings is 1. The van der Waals surface area contributed by atoms with Crippen molar-refractivity contribution in [3.8, 4) is 11.4 Å². The molecule has 3 aromatic rings. The smallest absolute Gasteiger partial charge is 0.249 e. The zero-order valence-corrected chi connectivity index (χ0v) is 14.1. The molecule has 0 N–H and O–H groups in total. The van der Waals surface area contributed by atoms with Crippen LogP contribution >= 0.6 is 11.6 Å². The van der Waals surface area contributed by atoms with E-state index in [4.69, 9.17) is 16.1 Å². The van der Waals surface area contributed by atoms with Crippen LogP contribution in [0, 0.1) is 0 Å². The second-order valence-corrected chi connectivity index (χ2v) is 6.27. The van der Waals surface area contributed by atoms with Crippen LogP contribution in [0.5, 0.6) is 0 Å². The third kappa shape index (κ3) is 3.13. The van der Waals surface area contributed by atoms with E-state index >= 15 is 0 Å². The predicted octanol–water partition coefficient (Wildman–Crippen LogP) is 3.65. The molecular weight excluding hydrogens is 340 g/mol. The summed E-state index contributed by atoms with van der Waals surface area (Å²) in [5.41, 5.74) is 1.73. The Morgan fingerprint density at radius 3 is 2.80 bits per heavy atom. The van der Waals surface area contributed by atoms with Gasteiger partial charge in [-0.25, -0.2) is 0 Å². The molecule has 0 saturated carbocycles. The fraction of sp³-hybridized carbons (Fsp3) is 0.222. The lowest BCUT2D eigenvalue weighted by Gasteiger charge is -2.22. The van der Waals surface area contributed by atoms with E-state index in [9.17, 15) is 4.79 Å². The molecule has 1 fully saturated rings. The number of carbonyl (C=O) groups excluding carboxylic acids is 1. The minimum atomic E-state index is -0.230. The Morgan fingerprint density at radius 1 is 1.20 bits per heavy atom. The molecule has 3 heterocycles. The number of hydrogen-bond acceptors (Lipinski definition) is 5. The first kappa shape index (κ1) is 15.8. The molecule has 1 unspecified atom stereocenters. The molecule has 0 aliphatic carbocycles. The summed E-state index contributed by atoms with van der Waals surface area (Å²) >= 11 is 6.23. The molecule has 6 nitrogen and oxygen atoms in total. The van der Waals surface area contributed by atoms with E-state index in [0.717, 1.165) is 11.1 Å². The second kappa shape index (κ2) is 6.64. The molecule has 0 radical (unpaired) electrons. The van der Waals surface area contributed by atoms with Crippen molar-refractivity contribution < 1.29 is 9.32 Å². The molecule has 126 valence electrons. The first-order valence-electron chi connectivity index (χ1n) is 7.99. The molecule has 2 aromatic heterocycles. The molecule has 1 amide bonds. The van der Waals surface area contributed by atoms with Gasteiger partial charge in [-0.2, -0.15) is 4.98 Å². The quantitative estimate of drug-likeness (QED) is 0.715. The molecule has 0 bridgehead atoms. The Balaban J connectivity index is 1.60. The zero-order chi connectivity index (χ0) is 17.2. The molecule has 1 aromatic carbocycles. The number of nitrogens with zero attached hydrogens (tertiary/aromatic N) is 4. The van der Waals surface area contributed by atoms with E-state index in [0.29, 0.717) is 36.1 Å². The number of aromatic nitrogens is 3. The van der Waals surface area contributed by atoms with Crippen molar-refractivity contribution in [2.45, 2.75) is 25.4 Å². The highest BCUT2D eigenvalue weighted by atomic mass is 35.5. The summed E-state index contributed by atoms with van der Waals surface area (Å²) in [6.07, 6.45) is 4.46. The third-order valence-corrected chi connectivity index (χ3v) is 4.66. The molecule has 0 spiro atoms. The fourth-order valence-corrected chi connectivity index (χ4v) is 3.18. The van der Waals surface area contributed by atoms with Gasteiger partial charge in [-0.3, -0.25) is 9.78 Å². The number of amides is 1. The summed E-state index contributed by atoms with van der Waals surface area (Å²) < 4.78 is 5.44. The van der Waals surface area contributed by atoms with Crippen LogP contribution in [0.15, 0.2) is 53.3 Å². The maximum absolute atomic E-state index is 12.3. The topological polar surface area (TPSA) is 72.1 Å². The van der Waals surface area contributed by atoms with Gasteiger partial charge in [0.05, 0.1) is 0 Å². The van der Waals surface area contributed by atoms with E-state index in [1.165, 1.54) is 0 Å². The Labute approximate surface area is 149 Å². The van der Waals surface area contributed by atoms with Gasteiger partial charge >= 0.3 is 0 Å². The first-order valence-corrected chi connectivity index (χ1v) is 8.37. The first-order chi connectivity index (χ1) is 12.2. The lowest BCUT2D eigenvalue weighted by atomic mass is 10.2. The van der Waals surface area contributed by atoms with Crippen LogP contribution in [0.2, 0.25) is 5.02 Å². The molecule has 4 rings (SSSR count). The third-order valence-electron chi connectivity index (χ3n) is 4.29. The SMILES string of the molecule is O=C1CCC(c2nc(-c3ccncc3)no2)N1Cc1ccccc1Cl. The monoisotopic (exact) mass is 354 g/mol. The summed E-state index contributed by atoms with van der Waals surface area (Å²) in [6, 6.07) is 10.9. The Hall–Kier alpha value is -2.73. The largest absolute Gasteiger partial charge is 0.337 e. The fourth-order valence-electron chi connectivity index (χ4n) is 2.99. The van der Waals surface area contributed by atoms with Crippen molar-refractivity contribution >= 4 is 17.5 Å². The standard InChI is InChI=1S/C18H15ClN4O2/c19-14-4-2-1-3-13(14)11-23-15(5-6-16(23)24)18-21-17(22-25-18)12-7-9-20-10-8-12/h1-4,7-10,15H,5-6,11H2. The number of carbonyl (C=O) groups is 1. The van der Waals surface area contributed by atoms with E-state index in [2.05, 4.69) is 15.1 Å². The highest BCUT2D eigenvalue weighted by Crippen LogP contribution is 2.35. The van der Waals surface area contributed by atoms with Crippen molar-refractivity contribution in [2.75, 3.05) is 0 Å². The number of pyridine rings is 1. The van der Waals surface area contributed by atoms with Crippen molar-refractivity contribution in [2.24, 2.45) is 0 Å². The predicted molar refractivity (Wildman–Crippen MR) is 91.5 cm³/mol. The van der Waals surface area contributed by atoms with Gasteiger partial charge < -0.3 is 9.42 Å². The number of hydrogen-bond donors (Lipinski definition) is 0. The van der Waals surface area contributed by atoms with Gasteiger partial charge in [-0.15, -0.1) is 0 Å². The summed E-state index contributed by atoms with van der Waals surface area (Å²) in [7, 11) is 0. The molecular formula is C18H15ClN4O2. The molecule has 1 atom stereocenters. The number of likely N-dealkylation sites (tertiary alicyclic amines) is 1. The van der Waals surface area contributed by atoms with Gasteiger partial charge in [0.25, 0.3) is 0 Å². The average molecular weight is 355 g/mol. The Morgan fingerprint density at radius 2 is 2.00 bits per heavy atom. The van der Waals surface area contributed by atoms with E-state index < -0.39 is 0 Å². The Kier molecular flexibility index (Phi) is 4.19. The normalized spacial score (nSPS) is 17.2. The number of halogens is 1. The van der Waals surface area contributed by atoms with E-state index in [-0.39, 0.29) is 11.9 Å². The summed E-state index contributed by atoms with van der Waals surface area (Å²) in [6.45, 7) is 0.427. The van der Waals surface area contributed by atoms with Crippen LogP contribution < -0.4 is 0 Å². The summed E-state index contributed by atoms with van der Waals surface area (Å²) in [5.74, 6) is 1.01. The minimum absolute atomic E-state index is 0.0635. The van der Waals surface area contributed by atoms with Crippen LogP contribution in [-0.4, -0.2) is 25.9 Å². The summed E-state index contributed by atoms with van der Waals surface area (Å²) in [5, 5.41) is 4.68.